The SMILES string of the molecule is Cc1ccc(C)c(NC(=O)CSc2nnc(-c3sc4ncccc4c3N)n2C[C@@H]2CCCO2)c1. The van der Waals surface area contributed by atoms with Gasteiger partial charge in [-0.25, -0.2) is 4.98 Å². The fraction of sp³-hybridized carbons (Fsp3) is 0.333. The summed E-state index contributed by atoms with van der Waals surface area (Å²) in [5.74, 6) is 0.825. The summed E-state index contributed by atoms with van der Waals surface area (Å²) in [6, 6.07) is 9.86. The molecule has 1 saturated heterocycles. The fourth-order valence-electron chi connectivity index (χ4n) is 4.02. The van der Waals surface area contributed by atoms with Crippen LogP contribution in [0.2, 0.25) is 0 Å². The number of rotatable bonds is 7. The zero-order chi connectivity index (χ0) is 23.7. The van der Waals surface area contributed by atoms with E-state index in [0.29, 0.717) is 23.2 Å². The van der Waals surface area contributed by atoms with E-state index in [0.717, 1.165) is 51.4 Å². The molecule has 1 aliphatic rings. The third-order valence-electron chi connectivity index (χ3n) is 5.83. The molecule has 0 bridgehead atoms. The molecule has 3 N–H and O–H groups in total. The van der Waals surface area contributed by atoms with Crippen molar-refractivity contribution in [3.63, 3.8) is 0 Å². The molecular weight excluding hydrogens is 468 g/mol. The van der Waals surface area contributed by atoms with Gasteiger partial charge in [0.1, 0.15) is 4.83 Å². The van der Waals surface area contributed by atoms with Gasteiger partial charge in [0.2, 0.25) is 5.91 Å². The number of nitrogens with zero attached hydrogens (tertiary/aromatic N) is 4. The fourth-order valence-corrected chi connectivity index (χ4v) is 5.83. The van der Waals surface area contributed by atoms with E-state index in [1.54, 1.807) is 6.20 Å². The Kier molecular flexibility index (Phi) is 6.53. The van der Waals surface area contributed by atoms with Crippen LogP contribution in [0.1, 0.15) is 24.0 Å². The van der Waals surface area contributed by atoms with Crippen molar-refractivity contribution >= 4 is 50.6 Å². The van der Waals surface area contributed by atoms with Gasteiger partial charge in [-0.05, 0) is 56.0 Å². The first-order chi connectivity index (χ1) is 16.5. The Morgan fingerprint density at radius 2 is 2.21 bits per heavy atom. The quantitative estimate of drug-likeness (QED) is 0.360. The number of aromatic nitrogens is 4. The first-order valence-electron chi connectivity index (χ1n) is 11.2. The molecule has 1 aliphatic heterocycles. The van der Waals surface area contributed by atoms with Gasteiger partial charge in [0.15, 0.2) is 11.0 Å². The standard InChI is InChI=1S/C24H26N6O2S2/c1-14-7-8-15(2)18(11-14)27-19(31)13-33-24-29-28-22(30(24)12-16-5-4-10-32-16)21-20(25)17-6-3-9-26-23(17)34-21/h3,6-9,11,16H,4-5,10,12-13,25H2,1-2H3,(H,27,31)/t16-/m0/s1. The lowest BCUT2D eigenvalue weighted by atomic mass is 10.1. The average molecular weight is 495 g/mol. The number of carbonyl (C=O) groups is 1. The van der Waals surface area contributed by atoms with Crippen molar-refractivity contribution < 1.29 is 9.53 Å². The predicted octanol–water partition coefficient (Wildman–Crippen LogP) is 4.66. The van der Waals surface area contributed by atoms with Gasteiger partial charge >= 0.3 is 0 Å². The molecule has 1 atom stereocenters. The largest absolute Gasteiger partial charge is 0.397 e. The number of carbonyl (C=O) groups excluding carboxylic acids is 1. The third kappa shape index (κ3) is 4.66. The van der Waals surface area contributed by atoms with Gasteiger partial charge < -0.3 is 15.8 Å². The second kappa shape index (κ2) is 9.73. The van der Waals surface area contributed by atoms with Crippen molar-refractivity contribution in [3.8, 4) is 10.7 Å². The van der Waals surface area contributed by atoms with Gasteiger partial charge in [-0.15, -0.1) is 21.5 Å². The van der Waals surface area contributed by atoms with Crippen molar-refractivity contribution in [2.75, 3.05) is 23.4 Å². The van der Waals surface area contributed by atoms with E-state index in [1.165, 1.54) is 23.1 Å². The molecule has 0 radical (unpaired) electrons. The topological polar surface area (TPSA) is 108 Å². The molecule has 0 unspecified atom stereocenters. The maximum atomic E-state index is 12.7. The molecule has 5 rings (SSSR count). The number of fused-ring (bicyclic) bond motifs is 1. The van der Waals surface area contributed by atoms with E-state index in [2.05, 4.69) is 20.5 Å². The highest BCUT2D eigenvalue weighted by Crippen LogP contribution is 2.40. The van der Waals surface area contributed by atoms with Crippen LogP contribution in [0.4, 0.5) is 11.4 Å². The second-order valence-electron chi connectivity index (χ2n) is 8.41. The van der Waals surface area contributed by atoms with Crippen LogP contribution in [-0.4, -0.2) is 44.1 Å². The molecule has 0 spiro atoms. The van der Waals surface area contributed by atoms with Crippen molar-refractivity contribution in [2.45, 2.75) is 44.5 Å². The number of nitrogens with two attached hydrogens (primary N) is 1. The Hall–Kier alpha value is -2.95. The molecule has 4 heterocycles. The van der Waals surface area contributed by atoms with Crippen molar-refractivity contribution in [3.05, 3.63) is 47.7 Å². The Bertz CT molecular complexity index is 1340. The number of nitrogen functional groups attached to an aromatic ring is 1. The number of thiophene rings is 1. The number of ether oxygens (including phenoxy) is 1. The Morgan fingerprint density at radius 3 is 3.00 bits per heavy atom. The van der Waals surface area contributed by atoms with Crippen LogP contribution in [0.3, 0.4) is 0 Å². The van der Waals surface area contributed by atoms with Crippen molar-refractivity contribution in [1.82, 2.24) is 19.7 Å². The maximum Gasteiger partial charge on any atom is 0.234 e. The van der Waals surface area contributed by atoms with Crippen molar-refractivity contribution in [2.24, 2.45) is 0 Å². The first kappa shape index (κ1) is 22.8. The monoisotopic (exact) mass is 494 g/mol. The first-order valence-corrected chi connectivity index (χ1v) is 13.0. The number of nitrogens with one attached hydrogen (secondary N) is 1. The van der Waals surface area contributed by atoms with Crippen LogP contribution in [0.5, 0.6) is 0 Å². The number of thioether (sulfide) groups is 1. The van der Waals surface area contributed by atoms with Crippen molar-refractivity contribution in [1.29, 1.82) is 0 Å². The number of pyridine rings is 1. The number of hydrogen-bond acceptors (Lipinski definition) is 8. The van der Waals surface area contributed by atoms with Crippen LogP contribution in [0.25, 0.3) is 20.9 Å². The maximum absolute atomic E-state index is 12.7. The van der Waals surface area contributed by atoms with Crippen LogP contribution in [0.15, 0.2) is 41.7 Å². The minimum Gasteiger partial charge on any atom is -0.397 e. The minimum absolute atomic E-state index is 0.0857. The van der Waals surface area contributed by atoms with E-state index >= 15 is 0 Å². The van der Waals surface area contributed by atoms with E-state index in [-0.39, 0.29) is 17.8 Å². The lowest BCUT2D eigenvalue weighted by molar-refractivity contribution is -0.113. The highest BCUT2D eigenvalue weighted by molar-refractivity contribution is 7.99. The molecule has 1 fully saturated rings. The highest BCUT2D eigenvalue weighted by atomic mass is 32.2. The molecule has 4 aromatic rings. The predicted molar refractivity (Wildman–Crippen MR) is 137 cm³/mol. The summed E-state index contributed by atoms with van der Waals surface area (Å²) in [6.45, 7) is 5.37. The summed E-state index contributed by atoms with van der Waals surface area (Å²) in [7, 11) is 0. The van der Waals surface area contributed by atoms with E-state index in [1.807, 2.05) is 48.7 Å². The summed E-state index contributed by atoms with van der Waals surface area (Å²) in [5.41, 5.74) is 10.1. The summed E-state index contributed by atoms with van der Waals surface area (Å²) in [5, 5.41) is 13.5. The molecule has 3 aromatic heterocycles. The number of anilines is 2. The van der Waals surface area contributed by atoms with Gasteiger partial charge in [0.25, 0.3) is 0 Å². The molecule has 34 heavy (non-hydrogen) atoms. The normalized spacial score (nSPS) is 15.8. The number of benzene rings is 1. The zero-order valence-electron chi connectivity index (χ0n) is 19.1. The minimum atomic E-state index is -0.0857. The lowest BCUT2D eigenvalue weighted by Crippen LogP contribution is -2.18. The van der Waals surface area contributed by atoms with E-state index in [4.69, 9.17) is 10.5 Å². The smallest absolute Gasteiger partial charge is 0.234 e. The Balaban J connectivity index is 1.40. The van der Waals surface area contributed by atoms with E-state index in [9.17, 15) is 4.79 Å². The average Bonchev–Trinajstić information content (AvgIpc) is 3.55. The molecule has 8 nitrogen and oxygen atoms in total. The van der Waals surface area contributed by atoms with Gasteiger partial charge in [-0.3, -0.25) is 9.36 Å². The van der Waals surface area contributed by atoms with Crippen LogP contribution < -0.4 is 11.1 Å². The summed E-state index contributed by atoms with van der Waals surface area (Å²) in [6.07, 6.45) is 3.87. The zero-order valence-corrected chi connectivity index (χ0v) is 20.7. The number of amides is 1. The molecule has 10 heteroatoms. The van der Waals surface area contributed by atoms with Gasteiger partial charge in [0.05, 0.1) is 29.0 Å². The van der Waals surface area contributed by atoms with Gasteiger partial charge in [-0.1, -0.05) is 23.9 Å². The molecule has 176 valence electrons. The molecular formula is C24H26N6O2S2. The summed E-state index contributed by atoms with van der Waals surface area (Å²) >= 11 is 2.87. The second-order valence-corrected chi connectivity index (χ2v) is 10.3. The molecule has 1 amide bonds. The number of aryl methyl sites for hydroxylation is 2. The Morgan fingerprint density at radius 1 is 1.32 bits per heavy atom. The van der Waals surface area contributed by atoms with Crippen LogP contribution >= 0.6 is 23.1 Å². The van der Waals surface area contributed by atoms with E-state index < -0.39 is 0 Å². The molecule has 1 aromatic carbocycles. The van der Waals surface area contributed by atoms with Gasteiger partial charge in [0, 0.05) is 23.9 Å². The lowest BCUT2D eigenvalue weighted by Gasteiger charge is -2.14. The Labute approximate surface area is 205 Å². The van der Waals surface area contributed by atoms with Crippen LogP contribution in [0, 0.1) is 13.8 Å². The summed E-state index contributed by atoms with van der Waals surface area (Å²) in [4.78, 5) is 18.9. The van der Waals surface area contributed by atoms with Gasteiger partial charge in [-0.2, -0.15) is 0 Å². The number of hydrogen-bond donors (Lipinski definition) is 2. The summed E-state index contributed by atoms with van der Waals surface area (Å²) < 4.78 is 7.92. The third-order valence-corrected chi connectivity index (χ3v) is 7.93. The highest BCUT2D eigenvalue weighted by Gasteiger charge is 2.25. The molecule has 0 aliphatic carbocycles. The molecule has 0 saturated carbocycles. The van der Waals surface area contributed by atoms with Crippen LogP contribution in [-0.2, 0) is 16.1 Å².